The first-order valence-corrected chi connectivity index (χ1v) is 3.94. The van der Waals surface area contributed by atoms with Crippen LogP contribution in [0.25, 0.3) is 5.65 Å². The molecule has 0 saturated carbocycles. The number of halogens is 1. The fourth-order valence-electron chi connectivity index (χ4n) is 0.838. The van der Waals surface area contributed by atoms with Gasteiger partial charge < -0.3 is 4.40 Å². The average Bonchev–Trinajstić information content (AvgIpc) is 2.33. The Morgan fingerprint density at radius 3 is 3.30 bits per heavy atom. The Balaban J connectivity index is 2.86. The summed E-state index contributed by atoms with van der Waals surface area (Å²) in [6, 6.07) is 4.00. The lowest BCUT2D eigenvalue weighted by Crippen LogP contribution is -1.82. The lowest BCUT2D eigenvalue weighted by atomic mass is 10.5. The van der Waals surface area contributed by atoms with E-state index in [0.29, 0.717) is 0 Å². The van der Waals surface area contributed by atoms with E-state index in [0.717, 1.165) is 5.65 Å². The van der Waals surface area contributed by atoms with Crippen molar-refractivity contribution < 1.29 is 0 Å². The molecule has 0 aliphatic carbocycles. The molecular formula is C7H4IN2. The third-order valence-electron chi connectivity index (χ3n) is 1.29. The van der Waals surface area contributed by atoms with Crippen molar-refractivity contribution in [2.45, 2.75) is 0 Å². The van der Waals surface area contributed by atoms with Gasteiger partial charge in [-0.05, 0) is 34.7 Å². The van der Waals surface area contributed by atoms with Crippen LogP contribution >= 0.6 is 22.6 Å². The largest absolute Gasteiger partial charge is 0.305 e. The van der Waals surface area contributed by atoms with Gasteiger partial charge in [-0.2, -0.15) is 0 Å². The Kier molecular flexibility index (Phi) is 1.37. The minimum Gasteiger partial charge on any atom is -0.305 e. The lowest BCUT2D eigenvalue weighted by molar-refractivity contribution is 1.17. The van der Waals surface area contributed by atoms with E-state index in [-0.39, 0.29) is 0 Å². The molecule has 1 radical (unpaired) electrons. The Morgan fingerprint density at radius 1 is 1.50 bits per heavy atom. The van der Waals surface area contributed by atoms with Crippen LogP contribution in [-0.4, -0.2) is 9.38 Å². The average molecular weight is 239 g/mol. The number of aromatic nitrogens is 2. The topological polar surface area (TPSA) is 17.3 Å². The highest BCUT2D eigenvalue weighted by Gasteiger charge is 1.91. The van der Waals surface area contributed by atoms with E-state index < -0.39 is 0 Å². The van der Waals surface area contributed by atoms with E-state index >= 15 is 0 Å². The van der Waals surface area contributed by atoms with Crippen LogP contribution in [0.4, 0.5) is 0 Å². The first kappa shape index (κ1) is 6.15. The van der Waals surface area contributed by atoms with Gasteiger partial charge in [0.25, 0.3) is 0 Å². The predicted octanol–water partition coefficient (Wildman–Crippen LogP) is 1.74. The maximum Gasteiger partial charge on any atom is 0.137 e. The van der Waals surface area contributed by atoms with Crippen LogP contribution in [0.2, 0.25) is 0 Å². The number of hydrogen-bond acceptors (Lipinski definition) is 1. The van der Waals surface area contributed by atoms with Crippen LogP contribution in [0.5, 0.6) is 0 Å². The summed E-state index contributed by atoms with van der Waals surface area (Å²) in [5.41, 5.74) is 0.945. The van der Waals surface area contributed by atoms with Gasteiger partial charge >= 0.3 is 0 Å². The Morgan fingerprint density at radius 2 is 2.40 bits per heavy atom. The van der Waals surface area contributed by atoms with Gasteiger partial charge in [0.05, 0.1) is 0 Å². The number of nitrogens with zero attached hydrogens (tertiary/aromatic N) is 2. The molecule has 0 saturated heterocycles. The monoisotopic (exact) mass is 239 g/mol. The second kappa shape index (κ2) is 2.23. The third-order valence-corrected chi connectivity index (χ3v) is 1.93. The van der Waals surface area contributed by atoms with Crippen LogP contribution in [0.1, 0.15) is 0 Å². The number of hydrogen-bond donors (Lipinski definition) is 0. The summed E-state index contributed by atoms with van der Waals surface area (Å²) in [5.74, 6) is 0. The van der Waals surface area contributed by atoms with Gasteiger partial charge in [-0.25, -0.2) is 4.98 Å². The number of imidazole rings is 1. The summed E-state index contributed by atoms with van der Waals surface area (Å²) in [7, 11) is 0. The minimum atomic E-state index is 0.945. The molecule has 2 heterocycles. The molecule has 3 heteroatoms. The maximum atomic E-state index is 3.99. The van der Waals surface area contributed by atoms with Gasteiger partial charge in [0.2, 0.25) is 0 Å². The van der Waals surface area contributed by atoms with E-state index in [1.54, 1.807) is 0 Å². The molecule has 2 nitrogen and oxygen atoms in total. The molecule has 2 rings (SSSR count). The summed E-state index contributed by atoms with van der Waals surface area (Å²) >= 11 is 2.26. The Bertz CT molecular complexity index is 353. The van der Waals surface area contributed by atoms with Crippen LogP contribution in [0, 0.1) is 9.77 Å². The molecule has 0 fully saturated rings. The molecule has 10 heavy (non-hydrogen) atoms. The van der Waals surface area contributed by atoms with E-state index in [9.17, 15) is 0 Å². The summed E-state index contributed by atoms with van der Waals surface area (Å²) in [6.45, 7) is 0. The summed E-state index contributed by atoms with van der Waals surface area (Å²) in [4.78, 5) is 3.99. The quantitative estimate of drug-likeness (QED) is 0.640. The number of rotatable bonds is 0. The Hall–Kier alpha value is -0.580. The van der Waals surface area contributed by atoms with Crippen LogP contribution in [-0.2, 0) is 0 Å². The molecule has 0 atom stereocenters. The highest BCUT2D eigenvalue weighted by atomic mass is 123. The van der Waals surface area contributed by atoms with E-state index in [1.165, 1.54) is 3.57 Å². The van der Waals surface area contributed by atoms with Crippen molar-refractivity contribution in [1.29, 1.82) is 0 Å². The summed E-state index contributed by atoms with van der Waals surface area (Å²) in [6.07, 6.45) is 6.60. The molecular weight excluding hydrogens is 235 g/mol. The zero-order valence-electron chi connectivity index (χ0n) is 5.08. The first-order chi connectivity index (χ1) is 4.86. The summed E-state index contributed by atoms with van der Waals surface area (Å²) in [5, 5.41) is 0. The molecule has 0 N–H and O–H groups in total. The molecule has 0 unspecified atom stereocenters. The maximum absolute atomic E-state index is 3.99. The predicted molar refractivity (Wildman–Crippen MR) is 46.7 cm³/mol. The zero-order chi connectivity index (χ0) is 6.97. The first-order valence-electron chi connectivity index (χ1n) is 2.86. The molecule has 0 amide bonds. The molecule has 2 aromatic rings. The zero-order valence-corrected chi connectivity index (χ0v) is 7.24. The van der Waals surface area contributed by atoms with Crippen molar-refractivity contribution in [3.05, 3.63) is 34.3 Å². The van der Waals surface area contributed by atoms with Crippen molar-refractivity contribution >= 4 is 28.2 Å². The standard InChI is InChI=1S/C7H4IN2/c8-6-1-2-7-9-3-4-10(7)5-6/h1-2,4-5H/i8-4. The molecule has 0 aromatic carbocycles. The number of pyridine rings is 1. The van der Waals surface area contributed by atoms with Gasteiger partial charge in [0.1, 0.15) is 11.8 Å². The van der Waals surface area contributed by atoms with Gasteiger partial charge in [-0.15, -0.1) is 0 Å². The molecule has 0 bridgehead atoms. The van der Waals surface area contributed by atoms with Gasteiger partial charge in [0.15, 0.2) is 0 Å². The fourth-order valence-corrected chi connectivity index (χ4v) is 1.32. The van der Waals surface area contributed by atoms with Crippen molar-refractivity contribution in [3.63, 3.8) is 0 Å². The van der Waals surface area contributed by atoms with Gasteiger partial charge in [-0.3, -0.25) is 0 Å². The molecule has 2 aromatic heterocycles. The van der Waals surface area contributed by atoms with Crippen LogP contribution < -0.4 is 0 Å². The van der Waals surface area contributed by atoms with Crippen molar-refractivity contribution in [3.8, 4) is 0 Å². The van der Waals surface area contributed by atoms with Crippen LogP contribution in [0.3, 0.4) is 0 Å². The lowest BCUT2D eigenvalue weighted by Gasteiger charge is -1.91. The van der Waals surface area contributed by atoms with Crippen molar-refractivity contribution in [1.82, 2.24) is 9.38 Å². The highest BCUT2D eigenvalue weighted by Crippen LogP contribution is 2.05. The van der Waals surface area contributed by atoms with E-state index in [2.05, 4.69) is 33.8 Å². The second-order valence-electron chi connectivity index (χ2n) is 1.98. The third kappa shape index (κ3) is 0.901. The van der Waals surface area contributed by atoms with Crippen molar-refractivity contribution in [2.24, 2.45) is 0 Å². The van der Waals surface area contributed by atoms with Gasteiger partial charge in [0, 0.05) is 16.0 Å². The smallest absolute Gasteiger partial charge is 0.137 e. The summed E-state index contributed by atoms with van der Waals surface area (Å²) < 4.78 is 3.15. The molecule has 0 spiro atoms. The van der Waals surface area contributed by atoms with E-state index in [4.69, 9.17) is 0 Å². The van der Waals surface area contributed by atoms with Crippen molar-refractivity contribution in [2.75, 3.05) is 0 Å². The highest BCUT2D eigenvalue weighted by molar-refractivity contribution is 14.1. The van der Waals surface area contributed by atoms with Gasteiger partial charge in [-0.1, -0.05) is 0 Å². The SMILES string of the molecule is [123I]c1ccc2n[c]cn2c1. The number of fused-ring (bicyclic) bond motifs is 1. The van der Waals surface area contributed by atoms with E-state index in [1.807, 2.05) is 28.9 Å². The molecule has 0 aliphatic rings. The molecule has 49 valence electrons. The normalized spacial score (nSPS) is 10.5. The Labute approximate surface area is 72.0 Å². The second-order valence-corrected chi connectivity index (χ2v) is 3.23. The fraction of sp³-hybridized carbons (Fsp3) is 0. The molecule has 0 aliphatic heterocycles. The van der Waals surface area contributed by atoms with Crippen LogP contribution in [0.15, 0.2) is 24.5 Å². The minimum absolute atomic E-state index is 0.945.